The summed E-state index contributed by atoms with van der Waals surface area (Å²) >= 11 is 0. The minimum atomic E-state index is -4.00. The van der Waals surface area contributed by atoms with Crippen molar-refractivity contribution in [1.82, 2.24) is 13.6 Å². The van der Waals surface area contributed by atoms with Gasteiger partial charge in [0.05, 0.1) is 17.3 Å². The summed E-state index contributed by atoms with van der Waals surface area (Å²) in [6.45, 7) is -0.00698. The molecule has 1 unspecified atom stereocenters. The summed E-state index contributed by atoms with van der Waals surface area (Å²) in [6, 6.07) is 2.37. The number of sulfone groups is 2. The van der Waals surface area contributed by atoms with E-state index in [4.69, 9.17) is 15.6 Å². The molecule has 2 atom stereocenters. The highest BCUT2D eigenvalue weighted by Gasteiger charge is 2.47. The lowest BCUT2D eigenvalue weighted by Gasteiger charge is -2.33. The molecule has 0 amide bonds. The second-order valence-corrected chi connectivity index (χ2v) is 15.9. The average Bonchev–Trinajstić information content (AvgIpc) is 3.29. The third kappa shape index (κ3) is 7.47. The molecule has 0 spiro atoms. The fraction of sp³-hybridized carbons (Fsp3) is 0.727. The zero-order valence-electron chi connectivity index (χ0n) is 20.7. The standard InChI is InChI=1S/C21H34N4O6S3.CH2O2/c22-14-17-6-7-23-21(12-17)33(28,29)16-20-13-19(18-4-2-1-3-5-18)15-25(20)34(30,31)24-8-10-32(26,27)11-9-24;2-1-3/h6-7,12,18-20H,1-5,8-11,13-16,22H2;1H,(H,2,3)/t19?,20-;/m0./s1. The Morgan fingerprint density at radius 1 is 1.08 bits per heavy atom. The first-order chi connectivity index (χ1) is 17.4. The van der Waals surface area contributed by atoms with E-state index in [9.17, 15) is 25.3 Å². The van der Waals surface area contributed by atoms with Gasteiger partial charge in [0.15, 0.2) is 24.7 Å². The quantitative estimate of drug-likeness (QED) is 0.424. The molecule has 0 radical (unpaired) electrons. The van der Waals surface area contributed by atoms with E-state index < -0.39 is 35.9 Å². The molecule has 1 aromatic rings. The third-order valence-corrected chi connectivity index (χ3v) is 12.8. The molecule has 0 bridgehead atoms. The highest BCUT2D eigenvalue weighted by molar-refractivity contribution is 7.92. The smallest absolute Gasteiger partial charge is 0.290 e. The van der Waals surface area contributed by atoms with Crippen LogP contribution in [0.15, 0.2) is 23.4 Å². The largest absolute Gasteiger partial charge is 0.483 e. The van der Waals surface area contributed by atoms with Gasteiger partial charge in [0.2, 0.25) is 0 Å². The summed E-state index contributed by atoms with van der Waals surface area (Å²) in [5, 5.41) is 6.79. The first-order valence-corrected chi connectivity index (χ1v) is 17.2. The zero-order valence-corrected chi connectivity index (χ0v) is 23.1. The minimum Gasteiger partial charge on any atom is -0.483 e. The topological polar surface area (TPSA) is 185 Å². The Labute approximate surface area is 219 Å². The molecule has 210 valence electrons. The average molecular weight is 581 g/mol. The van der Waals surface area contributed by atoms with Crippen molar-refractivity contribution >= 4 is 36.4 Å². The van der Waals surface area contributed by atoms with E-state index in [1.807, 2.05) is 0 Å². The second kappa shape index (κ2) is 12.5. The van der Waals surface area contributed by atoms with Gasteiger partial charge in [0.1, 0.15) is 0 Å². The van der Waals surface area contributed by atoms with Crippen LogP contribution in [0.4, 0.5) is 0 Å². The molecule has 3 heterocycles. The van der Waals surface area contributed by atoms with Crippen molar-refractivity contribution in [2.24, 2.45) is 17.6 Å². The molecule has 15 heteroatoms. The van der Waals surface area contributed by atoms with Gasteiger partial charge in [-0.1, -0.05) is 32.1 Å². The monoisotopic (exact) mass is 580 g/mol. The molecule has 0 aromatic carbocycles. The molecule has 12 nitrogen and oxygen atoms in total. The molecular formula is C22H36N4O8S3. The van der Waals surface area contributed by atoms with E-state index in [0.717, 1.165) is 25.7 Å². The van der Waals surface area contributed by atoms with Gasteiger partial charge < -0.3 is 10.8 Å². The van der Waals surface area contributed by atoms with Crippen molar-refractivity contribution in [1.29, 1.82) is 0 Å². The number of nitrogens with zero attached hydrogens (tertiary/aromatic N) is 3. The number of carboxylic acid groups (broad SMARTS) is 1. The maximum atomic E-state index is 13.6. The van der Waals surface area contributed by atoms with Crippen LogP contribution in [-0.2, 0) is 41.2 Å². The molecule has 2 saturated heterocycles. The summed E-state index contributed by atoms with van der Waals surface area (Å²) in [5.41, 5.74) is 6.29. The van der Waals surface area contributed by atoms with Crippen molar-refractivity contribution in [2.75, 3.05) is 36.9 Å². The second-order valence-electron chi connectivity index (χ2n) is 9.77. The van der Waals surface area contributed by atoms with Crippen LogP contribution in [0.1, 0.15) is 44.1 Å². The Balaban J connectivity index is 0.00000121. The molecule has 1 saturated carbocycles. The molecule has 3 fully saturated rings. The van der Waals surface area contributed by atoms with Crippen molar-refractivity contribution in [3.8, 4) is 0 Å². The zero-order chi connectivity index (χ0) is 27.3. The minimum absolute atomic E-state index is 0.0899. The van der Waals surface area contributed by atoms with Gasteiger partial charge in [0, 0.05) is 38.4 Å². The summed E-state index contributed by atoms with van der Waals surface area (Å²) < 4.78 is 79.9. The van der Waals surface area contributed by atoms with E-state index in [1.165, 1.54) is 27.3 Å². The maximum absolute atomic E-state index is 13.6. The Kier molecular flexibility index (Phi) is 10.1. The van der Waals surface area contributed by atoms with Crippen LogP contribution in [0.3, 0.4) is 0 Å². The molecule has 1 aromatic heterocycles. The van der Waals surface area contributed by atoms with Gasteiger partial charge >= 0.3 is 0 Å². The fourth-order valence-corrected chi connectivity index (χ4v) is 10.4. The van der Waals surface area contributed by atoms with Crippen LogP contribution < -0.4 is 5.73 Å². The predicted octanol–water partition coefficient (Wildman–Crippen LogP) is 0.261. The van der Waals surface area contributed by atoms with Crippen molar-refractivity contribution in [3.05, 3.63) is 23.9 Å². The predicted molar refractivity (Wildman–Crippen MR) is 137 cm³/mol. The van der Waals surface area contributed by atoms with Crippen LogP contribution in [-0.4, -0.2) is 93.4 Å². The van der Waals surface area contributed by atoms with Gasteiger partial charge in [-0.2, -0.15) is 17.0 Å². The normalized spacial score (nSPS) is 25.8. The molecular weight excluding hydrogens is 544 g/mol. The van der Waals surface area contributed by atoms with Crippen molar-refractivity contribution in [3.63, 3.8) is 0 Å². The molecule has 3 aliphatic rings. The molecule has 3 N–H and O–H groups in total. The molecule has 2 aliphatic heterocycles. The lowest BCUT2D eigenvalue weighted by molar-refractivity contribution is -0.122. The van der Waals surface area contributed by atoms with Crippen molar-refractivity contribution < 1.29 is 35.2 Å². The number of pyridine rings is 1. The highest BCUT2D eigenvalue weighted by atomic mass is 32.2. The summed E-state index contributed by atoms with van der Waals surface area (Å²) in [4.78, 5) is 12.4. The Morgan fingerprint density at radius 3 is 2.30 bits per heavy atom. The van der Waals surface area contributed by atoms with Crippen LogP contribution in [0.5, 0.6) is 0 Å². The van der Waals surface area contributed by atoms with E-state index in [2.05, 4.69) is 4.98 Å². The van der Waals surface area contributed by atoms with Gasteiger partial charge in [-0.25, -0.2) is 21.8 Å². The van der Waals surface area contributed by atoms with E-state index >= 15 is 0 Å². The van der Waals surface area contributed by atoms with Gasteiger partial charge in [-0.15, -0.1) is 0 Å². The van der Waals surface area contributed by atoms with Crippen LogP contribution in [0.25, 0.3) is 0 Å². The number of rotatable bonds is 7. The first-order valence-electron chi connectivity index (χ1n) is 12.4. The lowest BCUT2D eigenvalue weighted by atomic mass is 9.79. The molecule has 37 heavy (non-hydrogen) atoms. The Morgan fingerprint density at radius 2 is 1.70 bits per heavy atom. The Bertz CT molecular complexity index is 1230. The molecule has 1 aliphatic carbocycles. The summed E-state index contributed by atoms with van der Waals surface area (Å²) in [5.74, 6) is -0.329. The fourth-order valence-electron chi connectivity index (χ4n) is 5.46. The SMILES string of the molecule is NCc1ccnc(S(=O)(=O)C[C@@H]2CC(C3CCCCC3)CN2S(=O)(=O)N2CCS(=O)(=O)CC2)c1.O=CO. The van der Waals surface area contributed by atoms with Gasteiger partial charge in [0.25, 0.3) is 16.7 Å². The Hall–Kier alpha value is -1.65. The lowest BCUT2D eigenvalue weighted by Crippen LogP contribution is -2.52. The number of aromatic nitrogens is 1. The number of hydrogen-bond acceptors (Lipinski definition) is 9. The van der Waals surface area contributed by atoms with Gasteiger partial charge in [-0.3, -0.25) is 4.79 Å². The maximum Gasteiger partial charge on any atom is 0.290 e. The number of hydrogen-bond donors (Lipinski definition) is 2. The van der Waals surface area contributed by atoms with E-state index in [-0.39, 0.29) is 60.9 Å². The number of carbonyl (C=O) groups is 1. The summed E-state index contributed by atoms with van der Waals surface area (Å²) in [6.07, 6.45) is 7.32. The van der Waals surface area contributed by atoms with Crippen LogP contribution in [0, 0.1) is 11.8 Å². The highest BCUT2D eigenvalue weighted by Crippen LogP contribution is 2.39. The van der Waals surface area contributed by atoms with Crippen LogP contribution >= 0.6 is 0 Å². The van der Waals surface area contributed by atoms with Gasteiger partial charge in [-0.05, 0) is 36.0 Å². The van der Waals surface area contributed by atoms with Crippen LogP contribution in [0.2, 0.25) is 0 Å². The summed E-state index contributed by atoms with van der Waals surface area (Å²) in [7, 11) is -11.1. The first kappa shape index (κ1) is 29.9. The van der Waals surface area contributed by atoms with Crippen molar-refractivity contribution in [2.45, 2.75) is 56.1 Å². The third-order valence-electron chi connectivity index (χ3n) is 7.40. The number of nitrogens with two attached hydrogens (primary N) is 1. The molecule has 4 rings (SSSR count). The van der Waals surface area contributed by atoms with E-state index in [1.54, 1.807) is 6.07 Å². The van der Waals surface area contributed by atoms with E-state index in [0.29, 0.717) is 17.9 Å².